The van der Waals surface area contributed by atoms with Crippen LogP contribution in [0.2, 0.25) is 0 Å². The minimum absolute atomic E-state index is 0.575. The van der Waals surface area contributed by atoms with Crippen molar-refractivity contribution in [2.24, 2.45) is 10.9 Å². The molecule has 2 N–H and O–H groups in total. The lowest BCUT2D eigenvalue weighted by Gasteiger charge is -2.17. The Bertz CT molecular complexity index is 362. The van der Waals surface area contributed by atoms with E-state index in [0.717, 1.165) is 63.6 Å². The topological polar surface area (TPSA) is 54.9 Å². The molecule has 0 spiro atoms. The van der Waals surface area contributed by atoms with E-state index in [4.69, 9.17) is 14.5 Å². The van der Waals surface area contributed by atoms with E-state index in [1.54, 1.807) is 0 Å². The summed E-state index contributed by atoms with van der Waals surface area (Å²) < 4.78 is 11.1. The predicted molar refractivity (Wildman–Crippen MR) is 103 cm³/mol. The number of rotatable bonds is 10. The fourth-order valence-corrected chi connectivity index (χ4v) is 4.44. The maximum atomic E-state index is 5.74. The average Bonchev–Trinajstić information content (AvgIpc) is 3.23. The molecule has 0 amide bonds. The molecule has 0 aromatic rings. The van der Waals surface area contributed by atoms with E-state index in [9.17, 15) is 0 Å². The summed E-state index contributed by atoms with van der Waals surface area (Å²) in [7, 11) is 0. The highest BCUT2D eigenvalue weighted by Gasteiger charge is 2.25. The van der Waals surface area contributed by atoms with Crippen LogP contribution >= 0.6 is 11.8 Å². The molecule has 24 heavy (non-hydrogen) atoms. The van der Waals surface area contributed by atoms with Gasteiger partial charge in [-0.1, -0.05) is 6.92 Å². The Morgan fingerprint density at radius 2 is 2.21 bits per heavy atom. The molecule has 2 aliphatic rings. The van der Waals surface area contributed by atoms with Gasteiger partial charge < -0.3 is 20.1 Å². The summed E-state index contributed by atoms with van der Waals surface area (Å²) >= 11 is 2.09. The van der Waals surface area contributed by atoms with Crippen LogP contribution in [-0.4, -0.2) is 62.5 Å². The van der Waals surface area contributed by atoms with E-state index in [-0.39, 0.29) is 0 Å². The van der Waals surface area contributed by atoms with Gasteiger partial charge in [0.25, 0.3) is 0 Å². The number of hydrogen-bond acceptors (Lipinski definition) is 4. The minimum atomic E-state index is 0.575. The molecule has 0 aromatic carbocycles. The van der Waals surface area contributed by atoms with Crippen LogP contribution in [0, 0.1) is 5.92 Å². The van der Waals surface area contributed by atoms with Crippen molar-refractivity contribution in [1.82, 2.24) is 10.6 Å². The van der Waals surface area contributed by atoms with E-state index in [0.29, 0.717) is 12.0 Å². The highest BCUT2D eigenvalue weighted by molar-refractivity contribution is 7.99. The zero-order valence-corrected chi connectivity index (χ0v) is 16.2. The van der Waals surface area contributed by atoms with Crippen LogP contribution in [0.25, 0.3) is 0 Å². The van der Waals surface area contributed by atoms with E-state index in [2.05, 4.69) is 36.2 Å². The highest BCUT2D eigenvalue weighted by Crippen LogP contribution is 2.29. The van der Waals surface area contributed by atoms with Crippen LogP contribution in [0.15, 0.2) is 4.99 Å². The summed E-state index contributed by atoms with van der Waals surface area (Å²) in [6.07, 6.45) is 5.97. The summed E-state index contributed by atoms with van der Waals surface area (Å²) in [5.74, 6) is 2.79. The monoisotopic (exact) mass is 357 g/mol. The number of guanidine groups is 1. The van der Waals surface area contributed by atoms with Gasteiger partial charge in [0.15, 0.2) is 5.96 Å². The van der Waals surface area contributed by atoms with Crippen molar-refractivity contribution in [3.63, 3.8) is 0 Å². The van der Waals surface area contributed by atoms with Gasteiger partial charge in [-0.05, 0) is 44.8 Å². The smallest absolute Gasteiger partial charge is 0.191 e. The molecule has 1 saturated heterocycles. The third-order valence-electron chi connectivity index (χ3n) is 4.57. The number of aliphatic imine (C=N–C) groups is 1. The molecule has 0 radical (unpaired) electrons. The Hall–Kier alpha value is -0.460. The van der Waals surface area contributed by atoms with Gasteiger partial charge in [-0.15, -0.1) is 0 Å². The first-order valence-electron chi connectivity index (χ1n) is 9.63. The van der Waals surface area contributed by atoms with Gasteiger partial charge in [0, 0.05) is 43.5 Å². The lowest BCUT2D eigenvalue weighted by molar-refractivity contribution is 0.0893. The zero-order valence-electron chi connectivity index (χ0n) is 15.4. The molecular weight excluding hydrogens is 322 g/mol. The van der Waals surface area contributed by atoms with Crippen molar-refractivity contribution in [2.45, 2.75) is 57.2 Å². The number of nitrogens with one attached hydrogen (secondary N) is 2. The molecule has 3 unspecified atom stereocenters. The van der Waals surface area contributed by atoms with Gasteiger partial charge in [0.05, 0.1) is 13.2 Å². The van der Waals surface area contributed by atoms with Crippen LogP contribution in [0.3, 0.4) is 0 Å². The van der Waals surface area contributed by atoms with Crippen LogP contribution in [-0.2, 0) is 9.47 Å². The number of thioether (sulfide) groups is 1. The standard InChI is InChI=1S/C18H35N3O2S/c1-3-19-18(21-16-6-7-17(12-16)24-4-2)20-9-5-10-22-13-15-8-11-23-14-15/h15-17H,3-14H2,1-2H3,(H2,19,20,21). The third-order valence-corrected chi connectivity index (χ3v) is 5.80. The van der Waals surface area contributed by atoms with Crippen molar-refractivity contribution in [2.75, 3.05) is 45.3 Å². The summed E-state index contributed by atoms with van der Waals surface area (Å²) in [6, 6.07) is 0.575. The second-order valence-electron chi connectivity index (χ2n) is 6.65. The van der Waals surface area contributed by atoms with Gasteiger partial charge in [-0.3, -0.25) is 4.99 Å². The first kappa shape index (κ1) is 19.9. The third kappa shape index (κ3) is 7.62. The fourth-order valence-electron chi connectivity index (χ4n) is 3.29. The normalized spacial score (nSPS) is 27.6. The average molecular weight is 358 g/mol. The van der Waals surface area contributed by atoms with E-state index in [1.807, 2.05) is 0 Å². The molecule has 1 aliphatic heterocycles. The van der Waals surface area contributed by atoms with Gasteiger partial charge in [-0.25, -0.2) is 0 Å². The molecule has 0 aromatic heterocycles. The SMILES string of the molecule is CCNC(=NCCCOCC1CCOC1)NC1CCC(SCC)C1. The molecule has 1 aliphatic carbocycles. The molecule has 3 atom stereocenters. The molecule has 5 nitrogen and oxygen atoms in total. The first-order chi connectivity index (χ1) is 11.8. The van der Waals surface area contributed by atoms with Crippen LogP contribution in [0.1, 0.15) is 46.0 Å². The van der Waals surface area contributed by atoms with Crippen molar-refractivity contribution in [1.29, 1.82) is 0 Å². The number of ether oxygens (including phenoxy) is 2. The Balaban J connectivity index is 1.59. The Morgan fingerprint density at radius 1 is 1.29 bits per heavy atom. The largest absolute Gasteiger partial charge is 0.381 e. The highest BCUT2D eigenvalue weighted by atomic mass is 32.2. The summed E-state index contributed by atoms with van der Waals surface area (Å²) in [6.45, 7) is 9.48. The van der Waals surface area contributed by atoms with Gasteiger partial charge in [-0.2, -0.15) is 11.8 Å². The van der Waals surface area contributed by atoms with Gasteiger partial charge >= 0.3 is 0 Å². The minimum Gasteiger partial charge on any atom is -0.381 e. The molecule has 6 heteroatoms. The second-order valence-corrected chi connectivity index (χ2v) is 8.23. The lowest BCUT2D eigenvalue weighted by Crippen LogP contribution is -2.42. The molecule has 2 fully saturated rings. The number of hydrogen-bond donors (Lipinski definition) is 2. The maximum absolute atomic E-state index is 5.74. The lowest BCUT2D eigenvalue weighted by atomic mass is 10.1. The first-order valence-corrected chi connectivity index (χ1v) is 10.7. The summed E-state index contributed by atoms with van der Waals surface area (Å²) in [5, 5.41) is 7.80. The van der Waals surface area contributed by atoms with Gasteiger partial charge in [0.2, 0.25) is 0 Å². The molecule has 0 bridgehead atoms. The quantitative estimate of drug-likeness (QED) is 0.358. The van der Waals surface area contributed by atoms with Crippen molar-refractivity contribution in [3.05, 3.63) is 0 Å². The van der Waals surface area contributed by atoms with Gasteiger partial charge in [0.1, 0.15) is 0 Å². The van der Waals surface area contributed by atoms with Crippen LogP contribution in [0.5, 0.6) is 0 Å². The zero-order chi connectivity index (χ0) is 17.0. The molecule has 1 saturated carbocycles. The number of nitrogens with zero attached hydrogens (tertiary/aromatic N) is 1. The maximum Gasteiger partial charge on any atom is 0.191 e. The van der Waals surface area contributed by atoms with Crippen molar-refractivity contribution in [3.8, 4) is 0 Å². The Morgan fingerprint density at radius 3 is 2.96 bits per heavy atom. The summed E-state index contributed by atoms with van der Waals surface area (Å²) in [4.78, 5) is 4.70. The summed E-state index contributed by atoms with van der Waals surface area (Å²) in [5.41, 5.74) is 0. The Labute approximate surface area is 151 Å². The molecule has 2 rings (SSSR count). The van der Waals surface area contributed by atoms with Crippen LogP contribution in [0.4, 0.5) is 0 Å². The molecule has 140 valence electrons. The molecule has 1 heterocycles. The van der Waals surface area contributed by atoms with E-state index < -0.39 is 0 Å². The molecular formula is C18H35N3O2S. The van der Waals surface area contributed by atoms with E-state index >= 15 is 0 Å². The Kier molecular flexibility index (Phi) is 9.92. The van der Waals surface area contributed by atoms with Crippen LogP contribution < -0.4 is 10.6 Å². The van der Waals surface area contributed by atoms with Crippen molar-refractivity contribution >= 4 is 17.7 Å². The fraction of sp³-hybridized carbons (Fsp3) is 0.944. The second kappa shape index (κ2) is 12.0. The van der Waals surface area contributed by atoms with E-state index in [1.165, 1.54) is 25.0 Å². The predicted octanol–water partition coefficient (Wildman–Crippen LogP) is 2.66. The van der Waals surface area contributed by atoms with Crippen molar-refractivity contribution < 1.29 is 9.47 Å².